The predicted molar refractivity (Wildman–Crippen MR) is 67.7 cm³/mol. The molecule has 98 valence electrons. The van der Waals surface area contributed by atoms with Gasteiger partial charge in [-0.1, -0.05) is 0 Å². The summed E-state index contributed by atoms with van der Waals surface area (Å²) in [5, 5.41) is 2.41. The first-order chi connectivity index (χ1) is 8.88. The molecule has 0 saturated carbocycles. The van der Waals surface area contributed by atoms with E-state index in [-0.39, 0.29) is 0 Å². The first kappa shape index (κ1) is 12.0. The molecule has 0 bridgehead atoms. The third-order valence-corrected chi connectivity index (χ3v) is 4.12. The van der Waals surface area contributed by atoms with Crippen LogP contribution >= 0.6 is 0 Å². The molecule has 0 radical (unpaired) electrons. The molecule has 4 nitrogen and oxygen atoms in total. The second-order valence-electron chi connectivity index (χ2n) is 5.12. The Morgan fingerprint density at radius 3 is 2.94 bits per heavy atom. The van der Waals surface area contributed by atoms with E-state index >= 15 is 0 Å². The number of rotatable bonds is 2. The number of methoxy groups -OCH3 is 1. The van der Waals surface area contributed by atoms with E-state index in [0.717, 1.165) is 38.6 Å². The molecule has 1 aromatic rings. The van der Waals surface area contributed by atoms with E-state index in [9.17, 15) is 0 Å². The molecule has 0 aliphatic carbocycles. The Bertz CT molecular complexity index is 416. The van der Waals surface area contributed by atoms with Gasteiger partial charge in [-0.05, 0) is 18.2 Å². The van der Waals surface area contributed by atoms with Crippen molar-refractivity contribution in [2.24, 2.45) is 0 Å². The van der Waals surface area contributed by atoms with Crippen molar-refractivity contribution in [3.63, 3.8) is 0 Å². The lowest BCUT2D eigenvalue weighted by Gasteiger charge is -2.33. The Morgan fingerprint density at radius 2 is 2.17 bits per heavy atom. The molecule has 3 N–H and O–H groups in total. The topological polar surface area (TPSA) is 39.5 Å². The number of hydrogen-bond acceptors (Lipinski definition) is 2. The molecule has 0 unspecified atom stereocenters. The minimum atomic E-state index is 0.614. The van der Waals surface area contributed by atoms with Gasteiger partial charge in [0.25, 0.3) is 0 Å². The van der Waals surface area contributed by atoms with Crippen LogP contribution in [0, 0.1) is 0 Å². The van der Waals surface area contributed by atoms with Gasteiger partial charge in [-0.25, -0.2) is 0 Å². The number of quaternary nitrogens is 2. The number of nitrogens with one attached hydrogen (secondary N) is 1. The lowest BCUT2D eigenvalue weighted by Crippen LogP contribution is -3.17. The number of hydrogen-bond donors (Lipinski definition) is 2. The first-order valence-electron chi connectivity index (χ1n) is 6.79. The highest BCUT2D eigenvalue weighted by Crippen LogP contribution is 2.22. The first-order valence-corrected chi connectivity index (χ1v) is 6.79. The van der Waals surface area contributed by atoms with Crippen LogP contribution in [0.3, 0.4) is 0 Å². The molecular formula is C14H22N2O2+2. The third-order valence-electron chi connectivity index (χ3n) is 4.12. The fourth-order valence-electron chi connectivity index (χ4n) is 3.13. The van der Waals surface area contributed by atoms with Gasteiger partial charge >= 0.3 is 0 Å². The average molecular weight is 250 g/mol. The Morgan fingerprint density at radius 1 is 1.33 bits per heavy atom. The summed E-state index contributed by atoms with van der Waals surface area (Å²) in [5.74, 6) is 0.972. The highest BCUT2D eigenvalue weighted by atomic mass is 16.5. The molecule has 1 atom stereocenters. The van der Waals surface area contributed by atoms with Crippen molar-refractivity contribution in [1.29, 1.82) is 0 Å². The molecule has 2 aliphatic heterocycles. The zero-order chi connectivity index (χ0) is 12.4. The zero-order valence-corrected chi connectivity index (χ0v) is 10.9. The molecule has 2 aliphatic rings. The van der Waals surface area contributed by atoms with Crippen LogP contribution in [0.2, 0.25) is 0 Å². The van der Waals surface area contributed by atoms with Gasteiger partial charge in [-0.2, -0.15) is 0 Å². The minimum Gasteiger partial charge on any atom is -0.497 e. The number of nitrogens with two attached hydrogens (primary N) is 1. The van der Waals surface area contributed by atoms with Crippen molar-refractivity contribution < 1.29 is 19.7 Å². The Kier molecular flexibility index (Phi) is 3.50. The summed E-state index contributed by atoms with van der Waals surface area (Å²) >= 11 is 0. The smallest absolute Gasteiger partial charge is 0.163 e. The highest BCUT2D eigenvalue weighted by molar-refractivity contribution is 5.37. The van der Waals surface area contributed by atoms with E-state index < -0.39 is 0 Å². The van der Waals surface area contributed by atoms with Crippen LogP contribution in [-0.2, 0) is 11.3 Å². The molecule has 0 amide bonds. The molecule has 1 aromatic carbocycles. The lowest BCUT2D eigenvalue weighted by atomic mass is 9.95. The van der Waals surface area contributed by atoms with Crippen LogP contribution in [0.1, 0.15) is 17.2 Å². The standard InChI is InChI=1S/C14H20N2O2/c1-17-12-2-3-13-11(8-12)9-15-10-14(13)16-4-6-18-7-5-16/h2-3,8,14-15H,4-7,9-10H2,1H3/p+2/t14-/m0/s1. The fourth-order valence-corrected chi connectivity index (χ4v) is 3.13. The molecule has 18 heavy (non-hydrogen) atoms. The second kappa shape index (κ2) is 5.26. The van der Waals surface area contributed by atoms with Gasteiger partial charge in [0, 0.05) is 11.1 Å². The van der Waals surface area contributed by atoms with E-state index in [2.05, 4.69) is 23.5 Å². The normalized spacial score (nSPS) is 24.6. The summed E-state index contributed by atoms with van der Waals surface area (Å²) in [6, 6.07) is 7.16. The molecule has 0 spiro atoms. The SMILES string of the molecule is COc1ccc2c(c1)C[NH2+]C[C@@H]2[NH+]1CCOCC1. The molecule has 2 heterocycles. The van der Waals surface area contributed by atoms with Crippen LogP contribution in [0.5, 0.6) is 5.75 Å². The summed E-state index contributed by atoms with van der Waals surface area (Å²) < 4.78 is 10.8. The summed E-state index contributed by atoms with van der Waals surface area (Å²) in [5.41, 5.74) is 2.94. The monoisotopic (exact) mass is 250 g/mol. The van der Waals surface area contributed by atoms with Crippen molar-refractivity contribution >= 4 is 0 Å². The Hall–Kier alpha value is -1.10. The third kappa shape index (κ3) is 2.23. The van der Waals surface area contributed by atoms with Crippen molar-refractivity contribution in [2.45, 2.75) is 12.6 Å². The maximum atomic E-state index is 5.46. The largest absolute Gasteiger partial charge is 0.497 e. The molecular weight excluding hydrogens is 228 g/mol. The number of fused-ring (bicyclic) bond motifs is 1. The van der Waals surface area contributed by atoms with E-state index in [1.165, 1.54) is 17.7 Å². The zero-order valence-electron chi connectivity index (χ0n) is 10.9. The molecule has 0 aromatic heterocycles. The predicted octanol–water partition coefficient (Wildman–Crippen LogP) is -1.27. The van der Waals surface area contributed by atoms with Gasteiger partial charge in [0.2, 0.25) is 0 Å². The summed E-state index contributed by atoms with van der Waals surface area (Å²) in [4.78, 5) is 1.67. The highest BCUT2D eigenvalue weighted by Gasteiger charge is 2.32. The molecule has 4 heteroatoms. The van der Waals surface area contributed by atoms with E-state index in [1.54, 1.807) is 12.0 Å². The summed E-state index contributed by atoms with van der Waals surface area (Å²) in [7, 11) is 1.74. The van der Waals surface area contributed by atoms with E-state index in [4.69, 9.17) is 9.47 Å². The molecule has 1 fully saturated rings. The van der Waals surface area contributed by atoms with E-state index in [1.807, 2.05) is 0 Å². The van der Waals surface area contributed by atoms with E-state index in [0.29, 0.717) is 6.04 Å². The van der Waals surface area contributed by atoms with Gasteiger partial charge in [0.05, 0.1) is 20.3 Å². The van der Waals surface area contributed by atoms with Crippen molar-refractivity contribution in [2.75, 3.05) is 40.0 Å². The number of morpholine rings is 1. The maximum Gasteiger partial charge on any atom is 0.163 e. The summed E-state index contributed by atoms with van der Waals surface area (Å²) in [6.45, 7) is 6.32. The fraction of sp³-hybridized carbons (Fsp3) is 0.571. The Labute approximate surface area is 108 Å². The van der Waals surface area contributed by atoms with Crippen LogP contribution < -0.4 is 15.0 Å². The molecule has 3 rings (SSSR count). The van der Waals surface area contributed by atoms with Crippen LogP contribution in [-0.4, -0.2) is 40.0 Å². The summed E-state index contributed by atoms with van der Waals surface area (Å²) in [6.07, 6.45) is 0. The number of benzene rings is 1. The van der Waals surface area contributed by atoms with Crippen molar-refractivity contribution in [3.05, 3.63) is 29.3 Å². The number of ether oxygens (including phenoxy) is 2. The quantitative estimate of drug-likeness (QED) is 0.687. The second-order valence-corrected chi connectivity index (χ2v) is 5.12. The van der Waals surface area contributed by atoms with Gasteiger partial charge in [-0.15, -0.1) is 0 Å². The Balaban J connectivity index is 1.86. The van der Waals surface area contributed by atoms with Gasteiger partial charge in [0.15, 0.2) is 6.04 Å². The van der Waals surface area contributed by atoms with Crippen LogP contribution in [0.15, 0.2) is 18.2 Å². The van der Waals surface area contributed by atoms with Crippen molar-refractivity contribution in [1.82, 2.24) is 0 Å². The average Bonchev–Trinajstić information content (AvgIpc) is 2.47. The van der Waals surface area contributed by atoms with Gasteiger partial charge in [-0.3, -0.25) is 0 Å². The van der Waals surface area contributed by atoms with Crippen LogP contribution in [0.25, 0.3) is 0 Å². The lowest BCUT2D eigenvalue weighted by molar-refractivity contribution is -0.954. The minimum absolute atomic E-state index is 0.614. The van der Waals surface area contributed by atoms with Crippen molar-refractivity contribution in [3.8, 4) is 5.75 Å². The van der Waals surface area contributed by atoms with Gasteiger partial charge in [0.1, 0.15) is 31.9 Å². The van der Waals surface area contributed by atoms with Gasteiger partial charge < -0.3 is 19.7 Å². The molecule has 1 saturated heterocycles. The maximum absolute atomic E-state index is 5.46. The van der Waals surface area contributed by atoms with Crippen LogP contribution in [0.4, 0.5) is 0 Å².